The van der Waals surface area contributed by atoms with Crippen molar-refractivity contribution in [2.75, 3.05) is 19.0 Å². The Morgan fingerprint density at radius 3 is 2.58 bits per heavy atom. The molecule has 1 N–H and O–H groups in total. The van der Waals surface area contributed by atoms with Gasteiger partial charge in [-0.1, -0.05) is 18.5 Å². The summed E-state index contributed by atoms with van der Waals surface area (Å²) in [5, 5.41) is 4.12. The van der Waals surface area contributed by atoms with E-state index in [1.807, 2.05) is 58.0 Å². The number of sulfone groups is 1. The van der Waals surface area contributed by atoms with E-state index >= 15 is 0 Å². The topological polar surface area (TPSA) is 81.7 Å². The van der Waals surface area contributed by atoms with Crippen LogP contribution in [0.15, 0.2) is 45.5 Å². The maximum Gasteiger partial charge on any atom is 0.344 e. The molecule has 2 atom stereocenters. The van der Waals surface area contributed by atoms with E-state index in [1.54, 1.807) is 24.8 Å². The molecule has 0 aliphatic carbocycles. The molecule has 3 aromatic rings. The second-order valence-electron chi connectivity index (χ2n) is 8.50. The Morgan fingerprint density at radius 2 is 1.92 bits per heavy atom. The quantitative estimate of drug-likeness (QED) is 0.200. The summed E-state index contributed by atoms with van der Waals surface area (Å²) in [4.78, 5) is 12.6. The molecule has 0 saturated heterocycles. The number of halogens is 1. The largest absolute Gasteiger partial charge is 0.482 e. The summed E-state index contributed by atoms with van der Waals surface area (Å²) in [5.74, 6) is 0.927. The molecule has 1 aromatic heterocycles. The number of fused-ring (bicyclic) bond motifs is 1. The first kappa shape index (κ1) is 28.8. The molecule has 0 fully saturated rings. The lowest BCUT2D eigenvalue weighted by Gasteiger charge is -2.22. The molecular formula is C26H32ClNO5S3. The normalized spacial score (nSPS) is 13.5. The summed E-state index contributed by atoms with van der Waals surface area (Å²) in [6, 6.07) is 11.2. The van der Waals surface area contributed by atoms with Gasteiger partial charge >= 0.3 is 5.97 Å². The second-order valence-corrected chi connectivity index (χ2v) is 13.4. The minimum absolute atomic E-state index is 0.0427. The van der Waals surface area contributed by atoms with Crippen molar-refractivity contribution in [3.63, 3.8) is 0 Å². The van der Waals surface area contributed by atoms with Crippen LogP contribution >= 0.6 is 34.7 Å². The van der Waals surface area contributed by atoms with Gasteiger partial charge in [-0.05, 0) is 87.0 Å². The fourth-order valence-electron chi connectivity index (χ4n) is 3.80. The van der Waals surface area contributed by atoms with Gasteiger partial charge in [-0.3, -0.25) is 5.32 Å². The Labute approximate surface area is 226 Å². The van der Waals surface area contributed by atoms with Gasteiger partial charge < -0.3 is 9.47 Å². The summed E-state index contributed by atoms with van der Waals surface area (Å²) in [5.41, 5.74) is 1.67. The van der Waals surface area contributed by atoms with E-state index < -0.39 is 21.2 Å². The molecule has 2 unspecified atom stereocenters. The van der Waals surface area contributed by atoms with Gasteiger partial charge in [0.2, 0.25) is 9.84 Å². The lowest BCUT2D eigenvalue weighted by Crippen LogP contribution is -2.42. The van der Waals surface area contributed by atoms with Crippen molar-refractivity contribution in [1.29, 1.82) is 0 Å². The van der Waals surface area contributed by atoms with E-state index in [9.17, 15) is 13.2 Å². The molecule has 0 aliphatic rings. The van der Waals surface area contributed by atoms with Gasteiger partial charge in [0, 0.05) is 26.4 Å². The van der Waals surface area contributed by atoms with Gasteiger partial charge in [-0.2, -0.15) is 0 Å². The molecule has 0 radical (unpaired) electrons. The number of carbonyl (C=O) groups is 1. The molecule has 10 heteroatoms. The van der Waals surface area contributed by atoms with Crippen LogP contribution in [0.4, 0.5) is 0 Å². The molecule has 0 spiro atoms. The molecule has 0 amide bonds. The van der Waals surface area contributed by atoms with Crippen LogP contribution in [-0.2, 0) is 19.4 Å². The highest BCUT2D eigenvalue weighted by atomic mass is 35.5. The van der Waals surface area contributed by atoms with E-state index in [-0.39, 0.29) is 12.6 Å². The highest BCUT2D eigenvalue weighted by Gasteiger charge is 2.31. The van der Waals surface area contributed by atoms with E-state index in [0.29, 0.717) is 33.8 Å². The molecular weight excluding hydrogens is 538 g/mol. The first-order chi connectivity index (χ1) is 17.1. The summed E-state index contributed by atoms with van der Waals surface area (Å²) in [6.07, 6.45) is 0.456. The highest BCUT2D eigenvalue weighted by molar-refractivity contribution is 7.99. The van der Waals surface area contributed by atoms with Crippen LogP contribution in [0.1, 0.15) is 38.3 Å². The van der Waals surface area contributed by atoms with Crippen LogP contribution in [0.5, 0.6) is 5.75 Å². The minimum atomic E-state index is -3.56. The Hall–Kier alpha value is -1.78. The van der Waals surface area contributed by atoms with E-state index in [4.69, 9.17) is 21.1 Å². The lowest BCUT2D eigenvalue weighted by atomic mass is 10.2. The second kappa shape index (κ2) is 12.6. The van der Waals surface area contributed by atoms with Gasteiger partial charge in [-0.15, -0.1) is 23.1 Å². The number of esters is 1. The molecule has 36 heavy (non-hydrogen) atoms. The number of ether oxygens (including phenoxy) is 2. The maximum atomic E-state index is 13.5. The first-order valence-electron chi connectivity index (χ1n) is 11.8. The first-order valence-corrected chi connectivity index (χ1v) is 15.5. The lowest BCUT2D eigenvalue weighted by molar-refractivity contribution is -0.145. The van der Waals surface area contributed by atoms with Crippen LogP contribution in [0.2, 0.25) is 5.02 Å². The number of benzene rings is 2. The van der Waals surface area contributed by atoms with Gasteiger partial charge in [0.15, 0.2) is 6.61 Å². The molecule has 2 aromatic carbocycles. The molecule has 196 valence electrons. The smallest absolute Gasteiger partial charge is 0.344 e. The van der Waals surface area contributed by atoms with Crippen molar-refractivity contribution >= 4 is 60.6 Å². The Morgan fingerprint density at radius 1 is 1.17 bits per heavy atom. The number of carbonyl (C=O) groups excluding carboxylic acids is 1. The zero-order valence-corrected chi connectivity index (χ0v) is 24.3. The molecule has 0 bridgehead atoms. The number of thioether (sulfide) groups is 1. The monoisotopic (exact) mass is 569 g/mol. The highest BCUT2D eigenvalue weighted by Crippen LogP contribution is 2.37. The van der Waals surface area contributed by atoms with Crippen LogP contribution in [0.3, 0.4) is 0 Å². The summed E-state index contributed by atoms with van der Waals surface area (Å²) in [7, 11) is -3.56. The predicted molar refractivity (Wildman–Crippen MR) is 149 cm³/mol. The molecule has 0 aliphatic heterocycles. The average molecular weight is 570 g/mol. The van der Waals surface area contributed by atoms with E-state index in [0.717, 1.165) is 26.1 Å². The van der Waals surface area contributed by atoms with Crippen molar-refractivity contribution in [2.45, 2.75) is 61.6 Å². The van der Waals surface area contributed by atoms with Crippen LogP contribution in [0, 0.1) is 13.8 Å². The fourth-order valence-corrected chi connectivity index (χ4v) is 8.58. The predicted octanol–water partition coefficient (Wildman–Crippen LogP) is 6.39. The Balaban J connectivity index is 1.63. The third-order valence-corrected chi connectivity index (χ3v) is 11.2. The van der Waals surface area contributed by atoms with Crippen molar-refractivity contribution in [3.05, 3.63) is 52.5 Å². The third-order valence-electron chi connectivity index (χ3n) is 5.63. The summed E-state index contributed by atoms with van der Waals surface area (Å²) in [6.45, 7) is 9.59. The van der Waals surface area contributed by atoms with Gasteiger partial charge in [0.05, 0.1) is 6.61 Å². The molecule has 0 saturated carbocycles. The van der Waals surface area contributed by atoms with Crippen molar-refractivity contribution in [1.82, 2.24) is 5.32 Å². The van der Waals surface area contributed by atoms with Gasteiger partial charge in [-0.25, -0.2) is 13.2 Å². The van der Waals surface area contributed by atoms with Gasteiger partial charge in [0.1, 0.15) is 15.3 Å². The van der Waals surface area contributed by atoms with Crippen LogP contribution in [-0.4, -0.2) is 44.8 Å². The number of aryl methyl sites for hydroxylation is 2. The number of thiophene rings is 1. The average Bonchev–Trinajstić information content (AvgIpc) is 3.17. The molecule has 3 rings (SSSR count). The number of rotatable bonds is 12. The number of nitrogens with one attached hydrogen (secondary N) is 1. The Bertz CT molecular complexity index is 1320. The van der Waals surface area contributed by atoms with Crippen molar-refractivity contribution < 1.29 is 22.7 Å². The third kappa shape index (κ3) is 6.95. The zero-order chi connectivity index (χ0) is 26.5. The Kier molecular flexibility index (Phi) is 10.1. The van der Waals surface area contributed by atoms with Crippen LogP contribution in [0.25, 0.3) is 10.1 Å². The van der Waals surface area contributed by atoms with Gasteiger partial charge in [0.25, 0.3) is 0 Å². The van der Waals surface area contributed by atoms with Crippen LogP contribution < -0.4 is 10.1 Å². The SMILES string of the molecule is CCOC(=O)COc1ccc(SCC(C)NC(CC)S(=O)(=O)c2sc3ccc(Cl)cc3c2C)cc1C. The van der Waals surface area contributed by atoms with E-state index in [2.05, 4.69) is 5.32 Å². The number of hydrogen-bond donors (Lipinski definition) is 1. The maximum absolute atomic E-state index is 13.5. The summed E-state index contributed by atoms with van der Waals surface area (Å²) >= 11 is 9.07. The summed E-state index contributed by atoms with van der Waals surface area (Å²) < 4.78 is 38.8. The van der Waals surface area contributed by atoms with Crippen molar-refractivity contribution in [2.24, 2.45) is 0 Å². The van der Waals surface area contributed by atoms with E-state index in [1.165, 1.54) is 11.3 Å². The van der Waals surface area contributed by atoms with Crippen molar-refractivity contribution in [3.8, 4) is 5.75 Å². The molecule has 6 nitrogen and oxygen atoms in total. The number of hydrogen-bond acceptors (Lipinski definition) is 8. The standard InChI is InChI=1S/C26H32ClNO5S3/c1-6-24(36(30,31)26-18(5)21-13-19(27)8-11-23(21)35-26)28-17(4)15-34-20-9-10-22(16(3)12-20)33-14-25(29)32-7-2/h8-13,17,24,28H,6-7,14-15H2,1-5H3. The minimum Gasteiger partial charge on any atom is -0.482 e. The molecule has 1 heterocycles. The zero-order valence-electron chi connectivity index (χ0n) is 21.1. The fraction of sp³-hybridized carbons (Fsp3) is 0.423.